The number of halogens is 1. The molecule has 0 spiro atoms. The standard InChI is InChI=1S/C19H25FN4/c1-4-14-5-8-17(9-6-14)23-19(21)22-12-15-7-10-18(20)16(11-15)13-24(2)3/h5-11H,4,12-13H2,1-3H3,(H3,21,22,23). The lowest BCUT2D eigenvalue weighted by molar-refractivity contribution is 0.392. The second-order valence-electron chi connectivity index (χ2n) is 6.04. The molecule has 4 nitrogen and oxygen atoms in total. The van der Waals surface area contributed by atoms with Gasteiger partial charge in [0.15, 0.2) is 5.96 Å². The van der Waals surface area contributed by atoms with Crippen LogP contribution in [0.15, 0.2) is 47.5 Å². The highest BCUT2D eigenvalue weighted by Crippen LogP contribution is 2.13. The maximum absolute atomic E-state index is 13.8. The van der Waals surface area contributed by atoms with Gasteiger partial charge in [0.25, 0.3) is 0 Å². The molecule has 0 fully saturated rings. The van der Waals surface area contributed by atoms with Gasteiger partial charge in [0, 0.05) is 17.8 Å². The minimum Gasteiger partial charge on any atom is -0.370 e. The zero-order chi connectivity index (χ0) is 17.5. The first-order chi connectivity index (χ1) is 11.5. The Balaban J connectivity index is 2.00. The lowest BCUT2D eigenvalue weighted by Gasteiger charge is -2.11. The number of nitrogens with zero attached hydrogens (tertiary/aromatic N) is 2. The van der Waals surface area contributed by atoms with Crippen LogP contribution in [0, 0.1) is 5.82 Å². The zero-order valence-corrected chi connectivity index (χ0v) is 14.5. The molecule has 2 aromatic carbocycles. The minimum absolute atomic E-state index is 0.196. The van der Waals surface area contributed by atoms with Crippen molar-refractivity contribution < 1.29 is 4.39 Å². The molecule has 0 saturated heterocycles. The number of hydrogen-bond acceptors (Lipinski definition) is 2. The van der Waals surface area contributed by atoms with E-state index in [2.05, 4.69) is 29.4 Å². The van der Waals surface area contributed by atoms with Crippen LogP contribution >= 0.6 is 0 Å². The van der Waals surface area contributed by atoms with Crippen molar-refractivity contribution in [2.24, 2.45) is 10.7 Å². The number of hydrogen-bond donors (Lipinski definition) is 2. The lowest BCUT2D eigenvalue weighted by Crippen LogP contribution is -2.22. The second kappa shape index (κ2) is 8.45. The van der Waals surface area contributed by atoms with Crippen molar-refractivity contribution in [1.82, 2.24) is 4.90 Å². The fourth-order valence-corrected chi connectivity index (χ4v) is 2.38. The Labute approximate surface area is 143 Å². The molecule has 0 amide bonds. The van der Waals surface area contributed by atoms with E-state index < -0.39 is 0 Å². The van der Waals surface area contributed by atoms with Crippen molar-refractivity contribution in [2.45, 2.75) is 26.4 Å². The number of rotatable bonds is 6. The quantitative estimate of drug-likeness (QED) is 0.631. The van der Waals surface area contributed by atoms with Crippen LogP contribution in [0.25, 0.3) is 0 Å². The third-order valence-electron chi connectivity index (χ3n) is 3.66. The van der Waals surface area contributed by atoms with Crippen molar-refractivity contribution in [3.63, 3.8) is 0 Å². The fourth-order valence-electron chi connectivity index (χ4n) is 2.38. The predicted octanol–water partition coefficient (Wildman–Crippen LogP) is 3.38. The monoisotopic (exact) mass is 328 g/mol. The molecule has 3 N–H and O–H groups in total. The molecule has 0 saturated carbocycles. The summed E-state index contributed by atoms with van der Waals surface area (Å²) in [6, 6.07) is 13.1. The Kier molecular flexibility index (Phi) is 6.32. The first kappa shape index (κ1) is 17.9. The van der Waals surface area contributed by atoms with Gasteiger partial charge in [-0.3, -0.25) is 0 Å². The summed E-state index contributed by atoms with van der Waals surface area (Å²) in [6.07, 6.45) is 1.00. The molecule has 0 aliphatic carbocycles. The summed E-state index contributed by atoms with van der Waals surface area (Å²) in [6.45, 7) is 3.08. The van der Waals surface area contributed by atoms with E-state index in [1.54, 1.807) is 6.07 Å². The van der Waals surface area contributed by atoms with Crippen LogP contribution in [0.3, 0.4) is 0 Å². The molecule has 0 aromatic heterocycles. The van der Waals surface area contributed by atoms with E-state index in [-0.39, 0.29) is 5.82 Å². The number of anilines is 1. The summed E-state index contributed by atoms with van der Waals surface area (Å²) in [5, 5.41) is 3.07. The molecular formula is C19H25FN4. The molecule has 0 heterocycles. The zero-order valence-electron chi connectivity index (χ0n) is 14.5. The van der Waals surface area contributed by atoms with Gasteiger partial charge in [0.1, 0.15) is 5.82 Å². The molecule has 0 unspecified atom stereocenters. The van der Waals surface area contributed by atoms with Crippen molar-refractivity contribution in [1.29, 1.82) is 0 Å². The number of nitrogens with two attached hydrogens (primary N) is 1. The molecule has 128 valence electrons. The molecule has 0 radical (unpaired) electrons. The third kappa shape index (κ3) is 5.35. The summed E-state index contributed by atoms with van der Waals surface area (Å²) >= 11 is 0. The molecule has 0 atom stereocenters. The molecule has 0 aliphatic rings. The summed E-state index contributed by atoms with van der Waals surface area (Å²) < 4.78 is 13.8. The minimum atomic E-state index is -0.196. The topological polar surface area (TPSA) is 53.6 Å². The Bertz CT molecular complexity index is 693. The number of nitrogens with one attached hydrogen (secondary N) is 1. The van der Waals surface area contributed by atoms with Gasteiger partial charge >= 0.3 is 0 Å². The predicted molar refractivity (Wildman–Crippen MR) is 98.6 cm³/mol. The van der Waals surface area contributed by atoms with Crippen LogP contribution in [-0.2, 0) is 19.5 Å². The molecule has 5 heteroatoms. The van der Waals surface area contributed by atoms with Crippen LogP contribution in [0.5, 0.6) is 0 Å². The van der Waals surface area contributed by atoms with Crippen LogP contribution in [0.2, 0.25) is 0 Å². The molecule has 0 aliphatic heterocycles. The Hall–Kier alpha value is -2.40. The average Bonchev–Trinajstić information content (AvgIpc) is 2.56. The van der Waals surface area contributed by atoms with E-state index in [1.807, 2.05) is 37.2 Å². The first-order valence-electron chi connectivity index (χ1n) is 8.06. The van der Waals surface area contributed by atoms with E-state index in [0.717, 1.165) is 17.7 Å². The second-order valence-corrected chi connectivity index (χ2v) is 6.04. The number of guanidine groups is 1. The molecule has 2 aromatic rings. The Morgan fingerprint density at radius 2 is 1.79 bits per heavy atom. The first-order valence-corrected chi connectivity index (χ1v) is 8.06. The summed E-state index contributed by atoms with van der Waals surface area (Å²) in [7, 11) is 3.83. The van der Waals surface area contributed by atoms with Crippen LogP contribution in [0.4, 0.5) is 10.1 Å². The molecular weight excluding hydrogens is 303 g/mol. The van der Waals surface area contributed by atoms with Crippen LogP contribution in [0.1, 0.15) is 23.6 Å². The van der Waals surface area contributed by atoms with Gasteiger partial charge in [-0.2, -0.15) is 0 Å². The average molecular weight is 328 g/mol. The smallest absolute Gasteiger partial charge is 0.193 e. The van der Waals surface area contributed by atoms with Crippen LogP contribution < -0.4 is 11.1 Å². The molecule has 0 bridgehead atoms. The van der Waals surface area contributed by atoms with Gasteiger partial charge in [-0.15, -0.1) is 0 Å². The maximum Gasteiger partial charge on any atom is 0.193 e. The van der Waals surface area contributed by atoms with Gasteiger partial charge in [-0.25, -0.2) is 9.38 Å². The molecule has 2 rings (SSSR count). The van der Waals surface area contributed by atoms with Crippen molar-refractivity contribution in [3.05, 3.63) is 65.0 Å². The largest absolute Gasteiger partial charge is 0.370 e. The fraction of sp³-hybridized carbons (Fsp3) is 0.316. The van der Waals surface area contributed by atoms with Gasteiger partial charge < -0.3 is 16.0 Å². The van der Waals surface area contributed by atoms with Gasteiger partial charge in [-0.1, -0.05) is 25.1 Å². The van der Waals surface area contributed by atoms with Crippen molar-refractivity contribution >= 4 is 11.6 Å². The highest BCUT2D eigenvalue weighted by atomic mass is 19.1. The maximum atomic E-state index is 13.8. The van der Waals surface area contributed by atoms with Crippen LogP contribution in [-0.4, -0.2) is 25.0 Å². The van der Waals surface area contributed by atoms with E-state index >= 15 is 0 Å². The third-order valence-corrected chi connectivity index (χ3v) is 3.66. The lowest BCUT2D eigenvalue weighted by atomic mass is 10.1. The summed E-state index contributed by atoms with van der Waals surface area (Å²) in [5.74, 6) is 0.149. The number of aryl methyl sites for hydroxylation is 1. The normalized spacial score (nSPS) is 11.8. The van der Waals surface area contributed by atoms with Gasteiger partial charge in [-0.05, 0) is 55.9 Å². The Morgan fingerprint density at radius 3 is 2.42 bits per heavy atom. The van der Waals surface area contributed by atoms with E-state index in [0.29, 0.717) is 24.6 Å². The van der Waals surface area contributed by atoms with E-state index in [4.69, 9.17) is 5.73 Å². The summed E-state index contributed by atoms with van der Waals surface area (Å²) in [4.78, 5) is 6.26. The highest BCUT2D eigenvalue weighted by Gasteiger charge is 2.05. The van der Waals surface area contributed by atoms with Crippen molar-refractivity contribution in [3.8, 4) is 0 Å². The van der Waals surface area contributed by atoms with Crippen molar-refractivity contribution in [2.75, 3.05) is 19.4 Å². The van der Waals surface area contributed by atoms with E-state index in [1.165, 1.54) is 11.6 Å². The SMILES string of the molecule is CCc1ccc(NC(N)=NCc2ccc(F)c(CN(C)C)c2)cc1. The number of benzene rings is 2. The number of aliphatic imine (C=N–C) groups is 1. The highest BCUT2D eigenvalue weighted by molar-refractivity contribution is 5.92. The van der Waals surface area contributed by atoms with Gasteiger partial charge in [0.2, 0.25) is 0 Å². The molecule has 24 heavy (non-hydrogen) atoms. The van der Waals surface area contributed by atoms with E-state index in [9.17, 15) is 4.39 Å². The summed E-state index contributed by atoms with van der Waals surface area (Å²) in [5.41, 5.74) is 9.70. The van der Waals surface area contributed by atoms with Gasteiger partial charge in [0.05, 0.1) is 6.54 Å². The Morgan fingerprint density at radius 1 is 1.12 bits per heavy atom.